The van der Waals surface area contributed by atoms with Gasteiger partial charge in [0, 0.05) is 4.88 Å². The zero-order valence-corrected chi connectivity index (χ0v) is 12.9. The number of rotatable bonds is 2. The lowest BCUT2D eigenvalue weighted by molar-refractivity contribution is -0.137. The number of aromatic nitrogens is 2. The minimum atomic E-state index is -4.38. The summed E-state index contributed by atoms with van der Waals surface area (Å²) in [6.07, 6.45) is -4.38. The number of alkyl halides is 3. The van der Waals surface area contributed by atoms with E-state index in [1.54, 1.807) is 15.9 Å². The quantitative estimate of drug-likeness (QED) is 0.715. The maximum Gasteiger partial charge on any atom is 0.416 e. The second-order valence-corrected chi connectivity index (χ2v) is 7.01. The summed E-state index contributed by atoms with van der Waals surface area (Å²) in [5.41, 5.74) is 5.94. The highest BCUT2D eigenvalue weighted by Gasteiger charge is 2.31. The Morgan fingerprint density at radius 2 is 2.00 bits per heavy atom. The lowest BCUT2D eigenvalue weighted by Gasteiger charge is -2.07. The third kappa shape index (κ3) is 2.77. The molecule has 0 radical (unpaired) electrons. The highest BCUT2D eigenvalue weighted by Crippen LogP contribution is 2.32. The third-order valence-corrected chi connectivity index (χ3v) is 4.66. The van der Waals surface area contributed by atoms with Crippen molar-refractivity contribution in [1.82, 2.24) is 9.55 Å². The van der Waals surface area contributed by atoms with Crippen LogP contribution in [0.5, 0.6) is 0 Å². The van der Waals surface area contributed by atoms with E-state index in [0.29, 0.717) is 12.1 Å². The fourth-order valence-corrected chi connectivity index (χ4v) is 3.56. The van der Waals surface area contributed by atoms with Crippen molar-refractivity contribution >= 4 is 44.2 Å². The van der Waals surface area contributed by atoms with E-state index in [1.807, 2.05) is 12.1 Å². The van der Waals surface area contributed by atoms with Crippen molar-refractivity contribution < 1.29 is 13.2 Å². The standard InChI is InChI=1S/C13H9BrF3N3S/c14-11-4-2-8(21-11)6-20-10-3-1-7(13(15,16)17)5-9(10)19-12(20)18/h1-5H,6H2,(H2,18,19). The van der Waals surface area contributed by atoms with Crippen molar-refractivity contribution in [3.05, 3.63) is 44.6 Å². The lowest BCUT2D eigenvalue weighted by atomic mass is 10.2. The average molecular weight is 376 g/mol. The molecule has 0 aliphatic carbocycles. The van der Waals surface area contributed by atoms with Gasteiger partial charge in [0.2, 0.25) is 5.95 Å². The Balaban J connectivity index is 2.05. The van der Waals surface area contributed by atoms with Gasteiger partial charge in [0.25, 0.3) is 0 Å². The van der Waals surface area contributed by atoms with Crippen molar-refractivity contribution in [1.29, 1.82) is 0 Å². The fraction of sp³-hybridized carbons (Fsp3) is 0.154. The van der Waals surface area contributed by atoms with E-state index in [1.165, 1.54) is 6.07 Å². The van der Waals surface area contributed by atoms with Crippen molar-refractivity contribution in [3.8, 4) is 0 Å². The average Bonchev–Trinajstić information content (AvgIpc) is 2.93. The van der Waals surface area contributed by atoms with Gasteiger partial charge in [-0.1, -0.05) is 0 Å². The highest BCUT2D eigenvalue weighted by molar-refractivity contribution is 9.11. The highest BCUT2D eigenvalue weighted by atomic mass is 79.9. The first kappa shape index (κ1) is 14.4. The number of hydrogen-bond donors (Lipinski definition) is 1. The number of benzene rings is 1. The van der Waals surface area contributed by atoms with Crippen LogP contribution in [-0.2, 0) is 12.7 Å². The largest absolute Gasteiger partial charge is 0.416 e. The van der Waals surface area contributed by atoms with Gasteiger partial charge < -0.3 is 10.3 Å². The number of fused-ring (bicyclic) bond motifs is 1. The van der Waals surface area contributed by atoms with Gasteiger partial charge in [0.1, 0.15) is 0 Å². The first-order valence-corrected chi connectivity index (χ1v) is 7.53. The summed E-state index contributed by atoms with van der Waals surface area (Å²) in [6.45, 7) is 0.476. The Bertz CT molecular complexity index is 807. The van der Waals surface area contributed by atoms with E-state index in [4.69, 9.17) is 5.73 Å². The molecule has 3 rings (SSSR count). The maximum atomic E-state index is 12.7. The summed E-state index contributed by atoms with van der Waals surface area (Å²) >= 11 is 4.92. The number of imidazole rings is 1. The van der Waals surface area contributed by atoms with Crippen LogP contribution >= 0.6 is 27.3 Å². The van der Waals surface area contributed by atoms with Crippen LogP contribution < -0.4 is 5.73 Å². The van der Waals surface area contributed by atoms with Gasteiger partial charge in [0.05, 0.1) is 26.9 Å². The molecule has 0 aliphatic rings. The Hall–Kier alpha value is -1.54. The van der Waals surface area contributed by atoms with Gasteiger partial charge >= 0.3 is 6.18 Å². The van der Waals surface area contributed by atoms with Crippen LogP contribution in [0.25, 0.3) is 11.0 Å². The first-order valence-electron chi connectivity index (χ1n) is 5.92. The minimum Gasteiger partial charge on any atom is -0.369 e. The van der Waals surface area contributed by atoms with Crippen molar-refractivity contribution in [2.75, 3.05) is 5.73 Å². The summed E-state index contributed by atoms with van der Waals surface area (Å²) in [4.78, 5) is 5.06. The molecule has 0 spiro atoms. The second-order valence-electron chi connectivity index (χ2n) is 4.46. The van der Waals surface area contributed by atoms with Crippen LogP contribution in [0, 0.1) is 0 Å². The molecule has 3 aromatic rings. The van der Waals surface area contributed by atoms with Gasteiger partial charge in [-0.15, -0.1) is 11.3 Å². The smallest absolute Gasteiger partial charge is 0.369 e. The lowest BCUT2D eigenvalue weighted by Crippen LogP contribution is -2.05. The van der Waals surface area contributed by atoms with Crippen molar-refractivity contribution in [3.63, 3.8) is 0 Å². The molecule has 110 valence electrons. The van der Waals surface area contributed by atoms with Gasteiger partial charge in [-0.3, -0.25) is 0 Å². The molecule has 8 heteroatoms. The number of nitrogen functional groups attached to an aromatic ring is 1. The van der Waals surface area contributed by atoms with E-state index >= 15 is 0 Å². The maximum absolute atomic E-state index is 12.7. The van der Waals surface area contributed by atoms with Gasteiger partial charge in [0.15, 0.2) is 0 Å². The van der Waals surface area contributed by atoms with Gasteiger partial charge in [-0.25, -0.2) is 4.98 Å². The fourth-order valence-electron chi connectivity index (χ4n) is 2.08. The Morgan fingerprint density at radius 3 is 2.62 bits per heavy atom. The normalized spacial score (nSPS) is 12.2. The van der Waals surface area contributed by atoms with Crippen molar-refractivity contribution in [2.45, 2.75) is 12.7 Å². The number of halogens is 4. The monoisotopic (exact) mass is 375 g/mol. The van der Waals surface area contributed by atoms with Crippen LogP contribution in [0.3, 0.4) is 0 Å². The van der Waals surface area contributed by atoms with E-state index < -0.39 is 11.7 Å². The molecule has 0 atom stereocenters. The SMILES string of the molecule is Nc1nc2cc(C(F)(F)F)ccc2n1Cc1ccc(Br)s1. The third-order valence-electron chi connectivity index (χ3n) is 3.05. The molecule has 0 aliphatic heterocycles. The molecular weight excluding hydrogens is 367 g/mol. The number of thiophene rings is 1. The summed E-state index contributed by atoms with van der Waals surface area (Å²) in [6, 6.07) is 7.32. The van der Waals surface area contributed by atoms with E-state index in [9.17, 15) is 13.2 Å². The van der Waals surface area contributed by atoms with Crippen LogP contribution in [-0.4, -0.2) is 9.55 Å². The zero-order valence-electron chi connectivity index (χ0n) is 10.5. The molecule has 0 amide bonds. The van der Waals surface area contributed by atoms with Crippen molar-refractivity contribution in [2.24, 2.45) is 0 Å². The molecule has 2 N–H and O–H groups in total. The Morgan fingerprint density at radius 1 is 1.24 bits per heavy atom. The topological polar surface area (TPSA) is 43.8 Å². The molecule has 0 bridgehead atoms. The molecule has 0 unspecified atom stereocenters. The molecule has 0 fully saturated rings. The molecular formula is C13H9BrF3N3S. The van der Waals surface area contributed by atoms with Gasteiger partial charge in [-0.2, -0.15) is 13.2 Å². The number of hydrogen-bond acceptors (Lipinski definition) is 3. The Labute approximate surface area is 130 Å². The summed E-state index contributed by atoms with van der Waals surface area (Å²) < 4.78 is 40.8. The molecule has 0 saturated heterocycles. The van der Waals surface area contributed by atoms with E-state index in [0.717, 1.165) is 20.8 Å². The predicted octanol–water partition coefficient (Wildman–Crippen LogP) is 4.51. The molecule has 3 nitrogen and oxygen atoms in total. The number of nitrogens with zero attached hydrogens (tertiary/aromatic N) is 2. The minimum absolute atomic E-state index is 0.203. The first-order chi connectivity index (χ1) is 9.84. The van der Waals surface area contributed by atoms with Crippen LogP contribution in [0.1, 0.15) is 10.4 Å². The van der Waals surface area contributed by atoms with Crippen LogP contribution in [0.4, 0.5) is 19.1 Å². The summed E-state index contributed by atoms with van der Waals surface area (Å²) in [5.74, 6) is 0.203. The zero-order chi connectivity index (χ0) is 15.2. The van der Waals surface area contributed by atoms with E-state index in [-0.39, 0.29) is 11.5 Å². The molecule has 21 heavy (non-hydrogen) atoms. The molecule has 0 saturated carbocycles. The number of nitrogens with two attached hydrogens (primary N) is 1. The second kappa shape index (κ2) is 5.03. The van der Waals surface area contributed by atoms with Crippen LogP contribution in [0.2, 0.25) is 0 Å². The molecule has 2 aromatic heterocycles. The van der Waals surface area contributed by atoms with Gasteiger partial charge in [-0.05, 0) is 46.3 Å². The molecule has 2 heterocycles. The summed E-state index contributed by atoms with van der Waals surface area (Å²) in [7, 11) is 0. The summed E-state index contributed by atoms with van der Waals surface area (Å²) in [5, 5.41) is 0. The van der Waals surface area contributed by atoms with E-state index in [2.05, 4.69) is 20.9 Å². The molecule has 1 aromatic carbocycles. The number of anilines is 1. The Kier molecular flexibility index (Phi) is 3.45. The predicted molar refractivity (Wildman–Crippen MR) is 80.3 cm³/mol. The van der Waals surface area contributed by atoms with Crippen LogP contribution in [0.15, 0.2) is 34.1 Å².